The third kappa shape index (κ3) is 6.08. The van der Waals surface area contributed by atoms with Crippen LogP contribution in [0.1, 0.15) is 0 Å². The van der Waals surface area contributed by atoms with Gasteiger partial charge in [0.1, 0.15) is 17.3 Å². The monoisotopic (exact) mass is 898 g/mol. The van der Waals surface area contributed by atoms with Crippen molar-refractivity contribution < 1.29 is 9.30 Å². The zero-order valence-electron chi connectivity index (χ0n) is 38.1. The SMILES string of the molecule is Cn1c2ccccc2c2c1c1c3ccccc3n(-c3ccccc3)c1c1c3ccc(Oc4cccc(-[n+]5[c-]n(-c6c(-c7ccccc7)cccc6-c6ccccc6)cc5)c4)cc3n(-c3ccccn3)c21. The minimum atomic E-state index is 0.712. The van der Waals surface area contributed by atoms with E-state index >= 15 is 0 Å². The molecule has 5 heterocycles. The molecular weight excluding hydrogens is 857 g/mol. The van der Waals surface area contributed by atoms with Crippen molar-refractivity contribution in [2.24, 2.45) is 7.05 Å². The number of imidazole rings is 1. The van der Waals surface area contributed by atoms with Crippen LogP contribution in [0.2, 0.25) is 0 Å². The molecule has 0 atom stereocenters. The summed E-state index contributed by atoms with van der Waals surface area (Å²) in [5.74, 6) is 2.26. The molecule has 5 aromatic heterocycles. The molecule has 330 valence electrons. The Labute approximate surface area is 403 Å². The minimum Gasteiger partial charge on any atom is -0.458 e. The lowest BCUT2D eigenvalue weighted by atomic mass is 9.96. The van der Waals surface area contributed by atoms with Crippen LogP contribution >= 0.6 is 0 Å². The van der Waals surface area contributed by atoms with Crippen molar-refractivity contribution in [1.29, 1.82) is 0 Å². The molecule has 70 heavy (non-hydrogen) atoms. The van der Waals surface area contributed by atoms with Crippen LogP contribution in [0, 0.1) is 6.33 Å². The molecule has 0 bridgehead atoms. The normalized spacial score (nSPS) is 11.8. The van der Waals surface area contributed by atoms with Crippen molar-refractivity contribution in [2.45, 2.75) is 0 Å². The number of hydrogen-bond donors (Lipinski definition) is 0. The summed E-state index contributed by atoms with van der Waals surface area (Å²) in [5.41, 5.74) is 14.4. The van der Waals surface area contributed by atoms with Gasteiger partial charge in [0.25, 0.3) is 6.33 Å². The third-order valence-corrected chi connectivity index (χ3v) is 13.9. The van der Waals surface area contributed by atoms with Crippen LogP contribution in [0.4, 0.5) is 0 Å². The van der Waals surface area contributed by atoms with E-state index in [4.69, 9.17) is 9.72 Å². The molecule has 0 unspecified atom stereocenters. The van der Waals surface area contributed by atoms with Gasteiger partial charge in [0.2, 0.25) is 0 Å². The first-order chi connectivity index (χ1) is 34.7. The van der Waals surface area contributed by atoms with Gasteiger partial charge < -0.3 is 13.9 Å². The van der Waals surface area contributed by atoms with Gasteiger partial charge in [0.05, 0.1) is 39.0 Å². The summed E-state index contributed by atoms with van der Waals surface area (Å²) in [6.45, 7) is 0. The molecule has 0 amide bonds. The van der Waals surface area contributed by atoms with E-state index in [2.05, 4.69) is 244 Å². The van der Waals surface area contributed by atoms with Gasteiger partial charge in [-0.3, -0.25) is 13.7 Å². The molecule has 0 fully saturated rings. The van der Waals surface area contributed by atoms with Crippen LogP contribution in [0.25, 0.3) is 111 Å². The van der Waals surface area contributed by atoms with E-state index in [9.17, 15) is 0 Å². The Morgan fingerprint density at radius 3 is 1.77 bits per heavy atom. The molecule has 0 saturated heterocycles. The quantitative estimate of drug-likeness (QED) is 0.113. The summed E-state index contributed by atoms with van der Waals surface area (Å²) >= 11 is 0. The standard InChI is InChI=1S/C63H42N6O/c1-65-53-31-13-11-27-50(53)57-61(65)58-51-28-12-14-32-54(51)68(44-23-9-4-10-24-44)62(58)59-52-35-34-47(40-55(52)69(63(57)59)56-33-15-16-36-64-56)70-46-26-17-25-45(39-46)66-37-38-67(41-66)60-48(42-19-5-2-6-20-42)29-18-30-49(60)43-21-7-3-8-22-43/h2-40H,1H3. The molecule has 9 aromatic carbocycles. The molecule has 14 aromatic rings. The van der Waals surface area contributed by atoms with Gasteiger partial charge in [0.15, 0.2) is 0 Å². The first-order valence-corrected chi connectivity index (χ1v) is 23.6. The molecule has 0 saturated carbocycles. The van der Waals surface area contributed by atoms with Gasteiger partial charge in [-0.1, -0.05) is 146 Å². The fourth-order valence-electron chi connectivity index (χ4n) is 10.9. The Kier molecular flexibility index (Phi) is 8.97. The molecule has 0 aliphatic rings. The number of fused-ring (bicyclic) bond motifs is 12. The van der Waals surface area contributed by atoms with Crippen molar-refractivity contribution >= 4 is 65.4 Å². The maximum Gasteiger partial charge on any atom is 0.268 e. The van der Waals surface area contributed by atoms with E-state index in [1.807, 2.05) is 29.0 Å². The lowest BCUT2D eigenvalue weighted by Crippen LogP contribution is -2.28. The lowest BCUT2D eigenvalue weighted by Gasteiger charge is -2.16. The Balaban J connectivity index is 0.957. The fourth-order valence-corrected chi connectivity index (χ4v) is 10.9. The maximum absolute atomic E-state index is 6.89. The minimum absolute atomic E-state index is 0.712. The van der Waals surface area contributed by atoms with Crippen LogP contribution in [-0.4, -0.2) is 23.3 Å². The molecule has 0 aliphatic carbocycles. The summed E-state index contributed by atoms with van der Waals surface area (Å²) in [7, 11) is 2.20. The van der Waals surface area contributed by atoms with Gasteiger partial charge in [-0.05, 0) is 89.0 Å². The lowest BCUT2D eigenvalue weighted by molar-refractivity contribution is -0.599. The molecule has 7 nitrogen and oxygen atoms in total. The zero-order chi connectivity index (χ0) is 46.3. The highest BCUT2D eigenvalue weighted by Crippen LogP contribution is 2.49. The summed E-state index contributed by atoms with van der Waals surface area (Å²) in [4.78, 5) is 5.05. The number of ether oxygens (including phenoxy) is 1. The molecule has 0 N–H and O–H groups in total. The van der Waals surface area contributed by atoms with Crippen molar-refractivity contribution in [3.05, 3.63) is 243 Å². The predicted octanol–water partition coefficient (Wildman–Crippen LogP) is 14.9. The topological polar surface area (TPSA) is 45.7 Å². The van der Waals surface area contributed by atoms with Gasteiger partial charge >= 0.3 is 0 Å². The van der Waals surface area contributed by atoms with E-state index in [-0.39, 0.29) is 0 Å². The first-order valence-electron chi connectivity index (χ1n) is 23.6. The van der Waals surface area contributed by atoms with Crippen molar-refractivity contribution in [3.63, 3.8) is 0 Å². The first kappa shape index (κ1) is 39.7. The average Bonchev–Trinajstić information content (AvgIpc) is 4.20. The van der Waals surface area contributed by atoms with E-state index in [0.29, 0.717) is 5.75 Å². The van der Waals surface area contributed by atoms with Crippen LogP contribution in [-0.2, 0) is 7.05 Å². The molecular formula is C63H42N6O. The Morgan fingerprint density at radius 2 is 1.06 bits per heavy atom. The number of pyridine rings is 1. The summed E-state index contributed by atoms with van der Waals surface area (Å²) < 4.78 is 18.2. The van der Waals surface area contributed by atoms with Gasteiger partial charge in [-0.25, -0.2) is 4.98 Å². The Morgan fingerprint density at radius 1 is 0.471 bits per heavy atom. The largest absolute Gasteiger partial charge is 0.458 e. The maximum atomic E-state index is 6.89. The average molecular weight is 899 g/mol. The molecule has 0 spiro atoms. The van der Waals surface area contributed by atoms with E-state index in [0.717, 1.165) is 83.7 Å². The number of aryl methyl sites for hydroxylation is 1. The fraction of sp³-hybridized carbons (Fsp3) is 0.0159. The van der Waals surface area contributed by atoms with Crippen molar-refractivity contribution in [1.82, 2.24) is 23.3 Å². The smallest absolute Gasteiger partial charge is 0.268 e. The number of para-hydroxylation sites is 4. The molecule has 0 radical (unpaired) electrons. The van der Waals surface area contributed by atoms with Crippen molar-refractivity contribution in [3.8, 4) is 56.6 Å². The van der Waals surface area contributed by atoms with E-state index < -0.39 is 0 Å². The highest BCUT2D eigenvalue weighted by molar-refractivity contribution is 6.40. The molecule has 0 aliphatic heterocycles. The summed E-state index contributed by atoms with van der Waals surface area (Å²) in [5, 5.41) is 7.09. The third-order valence-electron chi connectivity index (χ3n) is 13.9. The van der Waals surface area contributed by atoms with E-state index in [1.165, 1.54) is 32.6 Å². The van der Waals surface area contributed by atoms with Gasteiger partial charge in [-0.15, -0.1) is 0 Å². The van der Waals surface area contributed by atoms with Crippen LogP contribution in [0.5, 0.6) is 11.5 Å². The number of benzene rings is 9. The highest BCUT2D eigenvalue weighted by atomic mass is 16.5. The second-order valence-electron chi connectivity index (χ2n) is 17.8. The highest BCUT2D eigenvalue weighted by Gasteiger charge is 2.28. The second-order valence-corrected chi connectivity index (χ2v) is 17.8. The van der Waals surface area contributed by atoms with Crippen LogP contribution < -0.4 is 9.30 Å². The molecule has 14 rings (SSSR count). The number of aromatic nitrogens is 6. The zero-order valence-corrected chi connectivity index (χ0v) is 38.1. The van der Waals surface area contributed by atoms with E-state index in [1.54, 1.807) is 0 Å². The number of nitrogens with zero attached hydrogens (tertiary/aromatic N) is 6. The number of rotatable bonds is 8. The second kappa shape index (κ2) is 15.8. The van der Waals surface area contributed by atoms with Crippen LogP contribution in [0.15, 0.2) is 237 Å². The Hall–Kier alpha value is -9.46. The van der Waals surface area contributed by atoms with Crippen LogP contribution in [0.3, 0.4) is 0 Å². The van der Waals surface area contributed by atoms with Gasteiger partial charge in [0, 0.05) is 75.2 Å². The van der Waals surface area contributed by atoms with Gasteiger partial charge in [-0.2, -0.15) is 0 Å². The Bertz CT molecular complexity index is 4260. The predicted molar refractivity (Wildman–Crippen MR) is 284 cm³/mol. The summed E-state index contributed by atoms with van der Waals surface area (Å²) in [6, 6.07) is 76.8. The summed E-state index contributed by atoms with van der Waals surface area (Å²) in [6.07, 6.45) is 9.66. The molecule has 7 heteroatoms. The van der Waals surface area contributed by atoms with Crippen molar-refractivity contribution in [2.75, 3.05) is 0 Å². The number of hydrogen-bond acceptors (Lipinski definition) is 2.